The Labute approximate surface area is 116 Å². The van der Waals surface area contributed by atoms with Crippen molar-refractivity contribution in [3.8, 4) is 6.07 Å². The van der Waals surface area contributed by atoms with Crippen molar-refractivity contribution in [3.63, 3.8) is 0 Å². The Kier molecular flexibility index (Phi) is 5.09. The molecular weight excluding hydrogens is 303 g/mol. The molecule has 0 spiro atoms. The van der Waals surface area contributed by atoms with Gasteiger partial charge in [0.05, 0.1) is 18.2 Å². The second kappa shape index (κ2) is 6.17. The summed E-state index contributed by atoms with van der Waals surface area (Å²) in [5.74, 6) is -1.01. The molecule has 0 fully saturated rings. The number of ether oxygens (including phenoxy) is 1. The number of nitriles is 1. The summed E-state index contributed by atoms with van der Waals surface area (Å²) >= 11 is 5.22. The number of hydrogen-bond acceptors (Lipinski definition) is 4. The first-order valence-corrected chi connectivity index (χ1v) is 6.14. The van der Waals surface area contributed by atoms with E-state index in [0.29, 0.717) is 0 Å². The first-order valence-electron chi connectivity index (χ1n) is 4.79. The summed E-state index contributed by atoms with van der Waals surface area (Å²) < 4.78 is 41.4. The summed E-state index contributed by atoms with van der Waals surface area (Å²) in [5, 5.41) is 8.91. The average Bonchev–Trinajstić information content (AvgIpc) is 2.34. The fourth-order valence-electron chi connectivity index (χ4n) is 1.40. The monoisotopic (exact) mass is 309 g/mol. The predicted molar refractivity (Wildman–Crippen MR) is 64.0 cm³/mol. The van der Waals surface area contributed by atoms with Gasteiger partial charge in [-0.05, 0) is 29.5 Å². The minimum absolute atomic E-state index is 0.105. The summed E-state index contributed by atoms with van der Waals surface area (Å²) in [6.07, 6.45) is 0. The van der Waals surface area contributed by atoms with E-state index in [2.05, 4.69) is 4.74 Å². The fraction of sp³-hybridized carbons (Fsp3) is 0.273. The molecule has 0 radical (unpaired) electrons. The number of carbonyl (C=O) groups excluding carboxylic acids is 1. The minimum Gasteiger partial charge on any atom is -0.465 e. The van der Waals surface area contributed by atoms with Crippen molar-refractivity contribution in [2.24, 2.45) is 0 Å². The van der Waals surface area contributed by atoms with Gasteiger partial charge < -0.3 is 4.74 Å². The molecule has 0 atom stereocenters. The lowest BCUT2D eigenvalue weighted by molar-refractivity contribution is -0.0328. The number of hydrogen-bond donors (Lipinski definition) is 0. The Balaban J connectivity index is 3.37. The molecule has 0 saturated heterocycles. The number of halogens is 4. The number of alkyl halides is 4. The molecule has 1 aromatic rings. The summed E-state index contributed by atoms with van der Waals surface area (Å²) in [4.78, 5) is 11.3. The Hall–Kier alpha value is -1.39. The zero-order valence-corrected chi connectivity index (χ0v) is 11.1. The summed E-state index contributed by atoms with van der Waals surface area (Å²) in [7, 11) is 1.11. The normalized spacial score (nSPS) is 10.9. The lowest BCUT2D eigenvalue weighted by atomic mass is 10.0. The quantitative estimate of drug-likeness (QED) is 0.485. The maximum Gasteiger partial charge on any atom is 0.446 e. The van der Waals surface area contributed by atoms with Gasteiger partial charge in [0.1, 0.15) is 6.07 Å². The zero-order valence-electron chi connectivity index (χ0n) is 9.55. The molecule has 0 aliphatic heterocycles. The second-order valence-corrected chi connectivity index (χ2v) is 4.70. The largest absolute Gasteiger partial charge is 0.465 e. The topological polar surface area (TPSA) is 50.1 Å². The van der Waals surface area contributed by atoms with E-state index in [1.165, 1.54) is 0 Å². The second-order valence-electron chi connectivity index (χ2n) is 3.29. The molecule has 8 heteroatoms. The number of rotatable bonds is 3. The molecular formula is C11H7ClF3NO2S. The number of nitrogens with zero attached hydrogens (tertiary/aromatic N) is 1. The van der Waals surface area contributed by atoms with Crippen LogP contribution in [-0.2, 0) is 10.6 Å². The minimum atomic E-state index is -4.48. The molecule has 0 bridgehead atoms. The number of thioether (sulfide) groups is 1. The van der Waals surface area contributed by atoms with E-state index in [0.717, 1.165) is 19.2 Å². The van der Waals surface area contributed by atoms with Crippen LogP contribution in [0.2, 0.25) is 0 Å². The van der Waals surface area contributed by atoms with Crippen molar-refractivity contribution < 1.29 is 22.7 Å². The lowest BCUT2D eigenvalue weighted by Gasteiger charge is -2.11. The number of carbonyl (C=O) groups is 1. The molecule has 3 nitrogen and oxygen atoms in total. The molecule has 1 rings (SSSR count). The lowest BCUT2D eigenvalue weighted by Crippen LogP contribution is -2.09. The maximum absolute atomic E-state index is 12.3. The SMILES string of the molecule is COC(=O)c1c(C#N)cc(SC(F)(F)F)cc1CCl. The molecule has 102 valence electrons. The van der Waals surface area contributed by atoms with Gasteiger partial charge in [0.2, 0.25) is 0 Å². The highest BCUT2D eigenvalue weighted by atomic mass is 35.5. The molecule has 0 N–H and O–H groups in total. The van der Waals surface area contributed by atoms with Crippen molar-refractivity contribution in [1.29, 1.82) is 5.26 Å². The summed E-state index contributed by atoms with van der Waals surface area (Å²) in [6, 6.07) is 3.78. The van der Waals surface area contributed by atoms with Gasteiger partial charge >= 0.3 is 11.5 Å². The van der Waals surface area contributed by atoms with Crippen LogP contribution in [0.1, 0.15) is 21.5 Å². The van der Waals surface area contributed by atoms with Gasteiger partial charge in [-0.15, -0.1) is 11.6 Å². The van der Waals surface area contributed by atoms with Crippen LogP contribution in [0.15, 0.2) is 17.0 Å². The van der Waals surface area contributed by atoms with Crippen molar-refractivity contribution in [3.05, 3.63) is 28.8 Å². The molecule has 0 aliphatic rings. The van der Waals surface area contributed by atoms with Crippen LogP contribution in [0.3, 0.4) is 0 Å². The third-order valence-electron chi connectivity index (χ3n) is 2.08. The van der Waals surface area contributed by atoms with Crippen LogP contribution in [0.5, 0.6) is 0 Å². The number of esters is 1. The van der Waals surface area contributed by atoms with Crippen molar-refractivity contribution in [2.45, 2.75) is 16.3 Å². The molecule has 0 saturated carbocycles. The van der Waals surface area contributed by atoms with Crippen LogP contribution in [0.4, 0.5) is 13.2 Å². The molecule has 0 amide bonds. The first kappa shape index (κ1) is 15.7. The third kappa shape index (κ3) is 4.04. The van der Waals surface area contributed by atoms with E-state index in [9.17, 15) is 18.0 Å². The maximum atomic E-state index is 12.3. The standard InChI is InChI=1S/C11H7ClF3NO2S/c1-18-10(17)9-6(4-12)2-8(3-7(9)5-16)19-11(13,14)15/h2-3H,4H2,1H3. The van der Waals surface area contributed by atoms with Gasteiger partial charge in [-0.1, -0.05) is 0 Å². The summed E-state index contributed by atoms with van der Waals surface area (Å²) in [6.45, 7) is 0. The van der Waals surface area contributed by atoms with Crippen molar-refractivity contribution >= 4 is 29.3 Å². The van der Waals surface area contributed by atoms with E-state index < -0.39 is 11.5 Å². The van der Waals surface area contributed by atoms with E-state index >= 15 is 0 Å². The first-order chi connectivity index (χ1) is 8.82. The Morgan fingerprint density at radius 3 is 2.58 bits per heavy atom. The average molecular weight is 310 g/mol. The molecule has 0 unspecified atom stereocenters. The van der Waals surface area contributed by atoms with Gasteiger partial charge in [0.25, 0.3) is 0 Å². The van der Waals surface area contributed by atoms with Gasteiger partial charge in [-0.2, -0.15) is 18.4 Å². The van der Waals surface area contributed by atoms with Gasteiger partial charge in [0.15, 0.2) is 0 Å². The highest BCUT2D eigenvalue weighted by molar-refractivity contribution is 8.00. The van der Waals surface area contributed by atoms with Gasteiger partial charge in [0, 0.05) is 10.8 Å². The predicted octanol–water partition coefficient (Wildman–Crippen LogP) is 3.70. The summed E-state index contributed by atoms with van der Waals surface area (Å²) in [5.41, 5.74) is -4.66. The van der Waals surface area contributed by atoms with Crippen LogP contribution in [-0.4, -0.2) is 18.6 Å². The van der Waals surface area contributed by atoms with Gasteiger partial charge in [-0.3, -0.25) is 0 Å². The van der Waals surface area contributed by atoms with Crippen molar-refractivity contribution in [1.82, 2.24) is 0 Å². The molecule has 0 aromatic heterocycles. The smallest absolute Gasteiger partial charge is 0.446 e. The Morgan fingerprint density at radius 1 is 1.53 bits per heavy atom. The third-order valence-corrected chi connectivity index (χ3v) is 3.07. The number of methoxy groups -OCH3 is 1. The highest BCUT2D eigenvalue weighted by Gasteiger charge is 2.30. The van der Waals surface area contributed by atoms with E-state index in [1.54, 1.807) is 6.07 Å². The van der Waals surface area contributed by atoms with Gasteiger partial charge in [-0.25, -0.2) is 4.79 Å². The van der Waals surface area contributed by atoms with Crippen LogP contribution in [0.25, 0.3) is 0 Å². The van der Waals surface area contributed by atoms with E-state index in [-0.39, 0.29) is 39.2 Å². The molecule has 0 heterocycles. The zero-order chi connectivity index (χ0) is 14.6. The fourth-order valence-corrected chi connectivity index (χ4v) is 2.26. The van der Waals surface area contributed by atoms with Crippen molar-refractivity contribution in [2.75, 3.05) is 7.11 Å². The molecule has 1 aromatic carbocycles. The highest BCUT2D eigenvalue weighted by Crippen LogP contribution is 2.38. The van der Waals surface area contributed by atoms with Crippen LogP contribution in [0, 0.1) is 11.3 Å². The number of benzene rings is 1. The van der Waals surface area contributed by atoms with E-state index in [4.69, 9.17) is 16.9 Å². The molecule has 0 aliphatic carbocycles. The Bertz CT molecular complexity index is 540. The molecule has 19 heavy (non-hydrogen) atoms. The van der Waals surface area contributed by atoms with Crippen LogP contribution >= 0.6 is 23.4 Å². The van der Waals surface area contributed by atoms with Crippen LogP contribution < -0.4 is 0 Å². The van der Waals surface area contributed by atoms with E-state index in [1.807, 2.05) is 0 Å². The Morgan fingerprint density at radius 2 is 2.16 bits per heavy atom.